The monoisotopic (exact) mass is 203 g/mol. The lowest BCUT2D eigenvalue weighted by Gasteiger charge is -1.98. The van der Waals surface area contributed by atoms with Gasteiger partial charge in [-0.3, -0.25) is 0 Å². The van der Waals surface area contributed by atoms with Crippen molar-refractivity contribution >= 4 is 11.8 Å². The number of thioether (sulfide) groups is 1. The molecule has 0 amide bonds. The van der Waals surface area contributed by atoms with Gasteiger partial charge in [0, 0.05) is 0 Å². The van der Waals surface area contributed by atoms with Crippen LogP contribution in [0.4, 0.5) is 0 Å². The zero-order chi connectivity index (χ0) is 9.68. The van der Waals surface area contributed by atoms with E-state index < -0.39 is 6.04 Å². The van der Waals surface area contributed by atoms with Crippen LogP contribution in [0.25, 0.3) is 0 Å². The first-order chi connectivity index (χ1) is 6.27. The van der Waals surface area contributed by atoms with Crippen molar-refractivity contribution in [2.24, 2.45) is 5.73 Å². The van der Waals surface area contributed by atoms with Crippen LogP contribution in [0.5, 0.6) is 0 Å². The highest BCUT2D eigenvalue weighted by molar-refractivity contribution is 7.98. The third kappa shape index (κ3) is 2.98. The van der Waals surface area contributed by atoms with Gasteiger partial charge in [0.15, 0.2) is 5.82 Å². The lowest BCUT2D eigenvalue weighted by atomic mass is 10.3. The minimum Gasteiger partial charge on any atom is -0.394 e. The summed E-state index contributed by atoms with van der Waals surface area (Å²) < 4.78 is 4.85. The van der Waals surface area contributed by atoms with Crippen LogP contribution in [0, 0.1) is 0 Å². The fourth-order valence-electron chi connectivity index (χ4n) is 0.748. The number of aliphatic hydroxyl groups is 1. The van der Waals surface area contributed by atoms with Crippen molar-refractivity contribution < 1.29 is 9.63 Å². The van der Waals surface area contributed by atoms with Gasteiger partial charge in [-0.1, -0.05) is 12.1 Å². The fraction of sp³-hybridized carbons (Fsp3) is 0.714. The van der Waals surface area contributed by atoms with Gasteiger partial charge in [-0.15, -0.1) is 0 Å². The maximum absolute atomic E-state index is 8.72. The van der Waals surface area contributed by atoms with Gasteiger partial charge in [-0.25, -0.2) is 0 Å². The zero-order valence-corrected chi connectivity index (χ0v) is 8.25. The number of hydrogen-bond donors (Lipinski definition) is 2. The van der Waals surface area contributed by atoms with E-state index in [-0.39, 0.29) is 6.61 Å². The van der Waals surface area contributed by atoms with Gasteiger partial charge in [0.1, 0.15) is 6.04 Å². The van der Waals surface area contributed by atoms with E-state index in [0.717, 1.165) is 11.5 Å². The summed E-state index contributed by atoms with van der Waals surface area (Å²) in [5.74, 6) is 2.66. The van der Waals surface area contributed by atoms with Gasteiger partial charge in [0.2, 0.25) is 5.89 Å². The van der Waals surface area contributed by atoms with Crippen LogP contribution in [0.1, 0.15) is 24.7 Å². The molecule has 0 radical (unpaired) electrons. The molecule has 0 saturated heterocycles. The summed E-state index contributed by atoms with van der Waals surface area (Å²) in [6, 6.07) is -0.562. The Hall–Kier alpha value is -0.590. The summed E-state index contributed by atoms with van der Waals surface area (Å²) in [5.41, 5.74) is 5.48. The van der Waals surface area contributed by atoms with Crippen LogP contribution in [-0.4, -0.2) is 27.6 Å². The Bertz CT molecular complexity index is 254. The zero-order valence-electron chi connectivity index (χ0n) is 7.43. The van der Waals surface area contributed by atoms with Crippen LogP contribution in [-0.2, 0) is 5.75 Å². The van der Waals surface area contributed by atoms with Crippen molar-refractivity contribution in [3.8, 4) is 0 Å². The molecule has 0 aromatic carbocycles. The van der Waals surface area contributed by atoms with E-state index in [0.29, 0.717) is 11.7 Å². The molecular formula is C7H13N3O2S. The maximum Gasteiger partial charge on any atom is 0.245 e. The van der Waals surface area contributed by atoms with Gasteiger partial charge < -0.3 is 15.4 Å². The molecule has 13 heavy (non-hydrogen) atoms. The Morgan fingerprint density at radius 2 is 2.46 bits per heavy atom. The van der Waals surface area contributed by atoms with Crippen molar-refractivity contribution in [1.29, 1.82) is 0 Å². The molecule has 0 spiro atoms. The predicted molar refractivity (Wildman–Crippen MR) is 50.1 cm³/mol. The highest BCUT2D eigenvalue weighted by atomic mass is 32.2. The lowest BCUT2D eigenvalue weighted by Crippen LogP contribution is -2.14. The van der Waals surface area contributed by atoms with Crippen LogP contribution in [0.3, 0.4) is 0 Å². The van der Waals surface area contributed by atoms with E-state index in [1.807, 2.05) is 0 Å². The van der Waals surface area contributed by atoms with E-state index in [1.165, 1.54) is 0 Å². The second kappa shape index (κ2) is 5.21. The lowest BCUT2D eigenvalue weighted by molar-refractivity contribution is 0.236. The van der Waals surface area contributed by atoms with Gasteiger partial charge in [-0.05, 0) is 5.75 Å². The van der Waals surface area contributed by atoms with Crippen LogP contribution in [0.15, 0.2) is 4.52 Å². The first kappa shape index (κ1) is 10.5. The van der Waals surface area contributed by atoms with Crippen molar-refractivity contribution in [2.45, 2.75) is 18.7 Å². The van der Waals surface area contributed by atoms with E-state index >= 15 is 0 Å². The number of nitrogens with two attached hydrogens (primary N) is 1. The molecule has 0 bridgehead atoms. The van der Waals surface area contributed by atoms with Crippen molar-refractivity contribution in [3.05, 3.63) is 11.7 Å². The highest BCUT2D eigenvalue weighted by Gasteiger charge is 2.12. The molecule has 5 nitrogen and oxygen atoms in total. The summed E-state index contributed by atoms with van der Waals surface area (Å²) in [6.45, 7) is 1.88. The predicted octanol–water partition coefficient (Wildman–Crippen LogP) is 0.315. The van der Waals surface area contributed by atoms with Crippen LogP contribution in [0.2, 0.25) is 0 Å². The smallest absolute Gasteiger partial charge is 0.245 e. The van der Waals surface area contributed by atoms with Gasteiger partial charge in [0.05, 0.1) is 12.4 Å². The molecule has 74 valence electrons. The average Bonchev–Trinajstić information content (AvgIpc) is 2.62. The molecule has 1 rings (SSSR count). The second-order valence-electron chi connectivity index (χ2n) is 2.48. The van der Waals surface area contributed by atoms with Crippen LogP contribution >= 0.6 is 11.8 Å². The molecule has 0 fully saturated rings. The summed E-state index contributed by atoms with van der Waals surface area (Å²) in [7, 11) is 0. The summed E-state index contributed by atoms with van der Waals surface area (Å²) in [4.78, 5) is 4.03. The highest BCUT2D eigenvalue weighted by Crippen LogP contribution is 2.11. The normalized spacial score (nSPS) is 13.2. The third-order valence-electron chi connectivity index (χ3n) is 1.43. The molecule has 1 atom stereocenters. The minimum absolute atomic E-state index is 0.178. The van der Waals surface area contributed by atoms with Crippen molar-refractivity contribution in [3.63, 3.8) is 0 Å². The number of hydrogen-bond acceptors (Lipinski definition) is 6. The first-order valence-corrected chi connectivity index (χ1v) is 5.20. The number of aliphatic hydroxyl groups excluding tert-OH is 1. The largest absolute Gasteiger partial charge is 0.394 e. The van der Waals surface area contributed by atoms with Gasteiger partial charge >= 0.3 is 0 Å². The molecule has 0 aliphatic heterocycles. The Morgan fingerprint density at radius 1 is 1.69 bits per heavy atom. The van der Waals surface area contributed by atoms with E-state index in [4.69, 9.17) is 15.4 Å². The molecular weight excluding hydrogens is 190 g/mol. The molecule has 6 heteroatoms. The Balaban J connectivity index is 2.53. The quantitative estimate of drug-likeness (QED) is 0.716. The van der Waals surface area contributed by atoms with Gasteiger partial charge in [0.25, 0.3) is 0 Å². The topological polar surface area (TPSA) is 85.2 Å². The Labute approximate surface area is 80.7 Å². The van der Waals surface area contributed by atoms with Gasteiger partial charge in [-0.2, -0.15) is 16.7 Å². The number of aromatic nitrogens is 2. The van der Waals surface area contributed by atoms with Crippen molar-refractivity contribution in [1.82, 2.24) is 10.1 Å². The van der Waals surface area contributed by atoms with Crippen molar-refractivity contribution in [2.75, 3.05) is 12.4 Å². The summed E-state index contributed by atoms with van der Waals surface area (Å²) in [6.07, 6.45) is 0. The van der Waals surface area contributed by atoms with E-state index in [9.17, 15) is 0 Å². The number of rotatable bonds is 5. The molecule has 0 saturated carbocycles. The molecule has 1 aromatic heterocycles. The minimum atomic E-state index is -0.562. The number of nitrogens with zero attached hydrogens (tertiary/aromatic N) is 2. The average molecular weight is 203 g/mol. The molecule has 3 N–H and O–H groups in total. The van der Waals surface area contributed by atoms with E-state index in [1.54, 1.807) is 11.8 Å². The van der Waals surface area contributed by atoms with E-state index in [2.05, 4.69) is 17.1 Å². The molecule has 0 aliphatic carbocycles. The first-order valence-electron chi connectivity index (χ1n) is 4.04. The second-order valence-corrected chi connectivity index (χ2v) is 3.75. The SMILES string of the molecule is CCSCc1noc([C@@H](N)CO)n1. The third-order valence-corrected chi connectivity index (χ3v) is 2.30. The van der Waals surface area contributed by atoms with Crippen LogP contribution < -0.4 is 5.73 Å². The summed E-state index contributed by atoms with van der Waals surface area (Å²) >= 11 is 1.71. The molecule has 0 aliphatic rings. The fourth-order valence-corrected chi connectivity index (χ4v) is 1.25. The summed E-state index contributed by atoms with van der Waals surface area (Å²) in [5, 5.41) is 12.4. The molecule has 1 aromatic rings. The molecule has 0 unspecified atom stereocenters. The standard InChI is InChI=1S/C7H13N3O2S/c1-2-13-4-6-9-7(12-10-6)5(8)3-11/h5,11H,2-4,8H2,1H3/t5-/m0/s1. The maximum atomic E-state index is 8.72. The molecule has 1 heterocycles. The Morgan fingerprint density at radius 3 is 3.08 bits per heavy atom. The Kier molecular flexibility index (Phi) is 4.20.